The number of aromatic nitrogens is 4. The zero-order valence-corrected chi connectivity index (χ0v) is 15.6. The van der Waals surface area contributed by atoms with E-state index < -0.39 is 32.7 Å². The van der Waals surface area contributed by atoms with Crippen LogP contribution in [-0.4, -0.2) is 51.1 Å². The van der Waals surface area contributed by atoms with Gasteiger partial charge in [0, 0.05) is 6.04 Å². The molecule has 2 aromatic rings. The molecule has 2 unspecified atom stereocenters. The van der Waals surface area contributed by atoms with Crippen molar-refractivity contribution < 1.29 is 22.7 Å². The van der Waals surface area contributed by atoms with E-state index in [9.17, 15) is 8.96 Å². The molecule has 0 saturated carbocycles. The predicted octanol–water partition coefficient (Wildman–Crippen LogP) is 1.64. The second-order valence-electron chi connectivity index (χ2n) is 6.27. The fourth-order valence-electron chi connectivity index (χ4n) is 2.63. The molecule has 2 aromatic heterocycles. The Labute approximate surface area is 149 Å². The van der Waals surface area contributed by atoms with Gasteiger partial charge in [0.25, 0.3) is 0 Å². The van der Waals surface area contributed by atoms with Crippen LogP contribution in [0.25, 0.3) is 5.65 Å². The summed E-state index contributed by atoms with van der Waals surface area (Å²) in [7, 11) is -3.40. The van der Waals surface area contributed by atoms with E-state index in [-0.39, 0.29) is 18.5 Å². The number of hydrogen-bond donors (Lipinski definition) is 2. The topological polar surface area (TPSA) is 126 Å². The molecule has 0 spiro atoms. The predicted molar refractivity (Wildman–Crippen MR) is 91.2 cm³/mol. The Morgan fingerprint density at radius 2 is 2.31 bits per heavy atom. The Kier molecular flexibility index (Phi) is 5.54. The first-order valence-electron chi connectivity index (χ1n) is 8.19. The van der Waals surface area contributed by atoms with Gasteiger partial charge in [-0.3, -0.25) is 9.05 Å². The van der Waals surface area contributed by atoms with Gasteiger partial charge in [-0.1, -0.05) is 0 Å². The highest BCUT2D eigenvalue weighted by Crippen LogP contribution is 2.49. The molecule has 0 aromatic carbocycles. The SMILES string of the molecule is CC(C)NP1(=O)OC[C@@H](OC(CF)c2cnc3c(N)ncnn23)[C@H](C)O1. The number of nitrogens with two attached hydrogens (primary N) is 1. The summed E-state index contributed by atoms with van der Waals surface area (Å²) >= 11 is 0. The number of ether oxygens (including phenoxy) is 1. The van der Waals surface area contributed by atoms with Gasteiger partial charge in [-0.15, -0.1) is 0 Å². The van der Waals surface area contributed by atoms with Crippen molar-refractivity contribution in [3.63, 3.8) is 0 Å². The summed E-state index contributed by atoms with van der Waals surface area (Å²) in [6.45, 7) is 4.55. The van der Waals surface area contributed by atoms with Crippen molar-refractivity contribution in [1.82, 2.24) is 24.7 Å². The molecule has 1 aliphatic heterocycles. The molecule has 0 bridgehead atoms. The van der Waals surface area contributed by atoms with E-state index in [1.807, 2.05) is 13.8 Å². The fraction of sp³-hybridized carbons (Fsp3) is 0.643. The molecule has 3 N–H and O–H groups in total. The van der Waals surface area contributed by atoms with Gasteiger partial charge >= 0.3 is 7.75 Å². The van der Waals surface area contributed by atoms with E-state index >= 15 is 0 Å². The van der Waals surface area contributed by atoms with Crippen molar-refractivity contribution in [2.24, 2.45) is 0 Å². The summed E-state index contributed by atoms with van der Waals surface area (Å²) in [6.07, 6.45) is 0.553. The van der Waals surface area contributed by atoms with Gasteiger partial charge in [-0.05, 0) is 20.8 Å². The molecule has 4 atom stereocenters. The fourth-order valence-corrected chi connectivity index (χ4v) is 4.37. The molecule has 1 aliphatic rings. The third-order valence-corrected chi connectivity index (χ3v) is 5.75. The second-order valence-corrected chi connectivity index (χ2v) is 7.99. The molecule has 0 radical (unpaired) electrons. The molecule has 12 heteroatoms. The van der Waals surface area contributed by atoms with Gasteiger partial charge in [0.05, 0.1) is 24.6 Å². The summed E-state index contributed by atoms with van der Waals surface area (Å²) in [6, 6.07) is -0.0765. The molecule has 3 heterocycles. The average molecular weight is 388 g/mol. The van der Waals surface area contributed by atoms with Gasteiger partial charge in [0.15, 0.2) is 11.5 Å². The number of nitrogens with one attached hydrogen (secondary N) is 1. The van der Waals surface area contributed by atoms with Crippen molar-refractivity contribution in [2.75, 3.05) is 19.0 Å². The molecule has 144 valence electrons. The number of anilines is 1. The lowest BCUT2D eigenvalue weighted by atomic mass is 10.2. The van der Waals surface area contributed by atoms with E-state index in [0.29, 0.717) is 11.3 Å². The molecule has 0 aliphatic carbocycles. The highest BCUT2D eigenvalue weighted by atomic mass is 31.2. The van der Waals surface area contributed by atoms with E-state index in [1.54, 1.807) is 6.92 Å². The average Bonchev–Trinajstić information content (AvgIpc) is 2.99. The summed E-state index contributed by atoms with van der Waals surface area (Å²) in [4.78, 5) is 7.95. The molecule has 0 amide bonds. The second kappa shape index (κ2) is 7.53. The zero-order chi connectivity index (χ0) is 18.9. The normalized spacial score (nSPS) is 27.9. The number of nitrogen functional groups attached to an aromatic ring is 1. The van der Waals surface area contributed by atoms with Gasteiger partial charge in [0.2, 0.25) is 0 Å². The van der Waals surface area contributed by atoms with Crippen LogP contribution in [0.3, 0.4) is 0 Å². The summed E-state index contributed by atoms with van der Waals surface area (Å²) in [5.41, 5.74) is 6.45. The molecule has 1 fully saturated rings. The standard InChI is InChI=1S/C14H22FN6O4P/c1-8(2)20-26(22)23-6-12(9(3)25-26)24-11(4-15)10-5-17-14-13(16)18-7-19-21(10)14/h5,7-9,11-12H,4,6H2,1-3H3,(H,20,22)(H2,16,18,19)/t9-,11?,12+,26?/m0/s1. The van der Waals surface area contributed by atoms with Crippen molar-refractivity contribution in [2.45, 2.75) is 45.1 Å². The van der Waals surface area contributed by atoms with Crippen LogP contribution >= 0.6 is 7.75 Å². The highest BCUT2D eigenvalue weighted by molar-refractivity contribution is 7.51. The number of imidazole rings is 1. The zero-order valence-electron chi connectivity index (χ0n) is 14.7. The number of rotatable bonds is 6. The maximum Gasteiger partial charge on any atom is 0.406 e. The van der Waals surface area contributed by atoms with Gasteiger partial charge < -0.3 is 10.5 Å². The summed E-state index contributed by atoms with van der Waals surface area (Å²) in [5, 5.41) is 6.81. The molecular weight excluding hydrogens is 366 g/mol. The largest absolute Gasteiger partial charge is 0.406 e. The van der Waals surface area contributed by atoms with E-state index in [4.69, 9.17) is 19.5 Å². The first-order valence-corrected chi connectivity index (χ1v) is 9.73. The lowest BCUT2D eigenvalue weighted by Gasteiger charge is -2.36. The van der Waals surface area contributed by atoms with Crippen molar-refractivity contribution in [3.8, 4) is 0 Å². The number of alkyl halides is 1. The lowest BCUT2D eigenvalue weighted by Crippen LogP contribution is -2.41. The van der Waals surface area contributed by atoms with Crippen LogP contribution in [0.5, 0.6) is 0 Å². The van der Waals surface area contributed by atoms with Crippen molar-refractivity contribution >= 4 is 19.2 Å². The molecular formula is C14H22FN6O4P. The Hall–Kier alpha value is -1.65. The van der Waals surface area contributed by atoms with E-state index in [2.05, 4.69) is 20.2 Å². The Bertz CT molecular complexity index is 818. The van der Waals surface area contributed by atoms with Crippen LogP contribution < -0.4 is 10.8 Å². The maximum absolute atomic E-state index is 13.7. The first kappa shape index (κ1) is 19.1. The third kappa shape index (κ3) is 3.86. The minimum atomic E-state index is -3.40. The Balaban J connectivity index is 1.74. The van der Waals surface area contributed by atoms with Crippen molar-refractivity contribution in [1.29, 1.82) is 0 Å². The molecule has 10 nitrogen and oxygen atoms in total. The molecule has 3 rings (SSSR count). The number of nitrogens with zero attached hydrogens (tertiary/aromatic N) is 4. The highest BCUT2D eigenvalue weighted by Gasteiger charge is 2.40. The third-order valence-electron chi connectivity index (χ3n) is 3.82. The Morgan fingerprint density at radius 3 is 2.96 bits per heavy atom. The van der Waals surface area contributed by atoms with Crippen LogP contribution in [0.4, 0.5) is 10.2 Å². The number of fused-ring (bicyclic) bond motifs is 1. The summed E-state index contributed by atoms with van der Waals surface area (Å²) in [5.74, 6) is 0.183. The quantitative estimate of drug-likeness (QED) is 0.710. The molecule has 26 heavy (non-hydrogen) atoms. The lowest BCUT2D eigenvalue weighted by molar-refractivity contribution is -0.114. The number of hydrogen-bond acceptors (Lipinski definition) is 8. The van der Waals surface area contributed by atoms with Crippen LogP contribution in [0.2, 0.25) is 0 Å². The van der Waals surface area contributed by atoms with Gasteiger partial charge in [-0.2, -0.15) is 5.10 Å². The minimum Gasteiger partial charge on any atom is -0.381 e. The minimum absolute atomic E-state index is 0.00250. The summed E-state index contributed by atoms with van der Waals surface area (Å²) < 4.78 is 44.1. The monoisotopic (exact) mass is 388 g/mol. The van der Waals surface area contributed by atoms with Crippen LogP contribution in [-0.2, 0) is 18.3 Å². The van der Waals surface area contributed by atoms with Gasteiger partial charge in [-0.25, -0.2) is 28.5 Å². The Morgan fingerprint density at radius 1 is 1.54 bits per heavy atom. The first-order chi connectivity index (χ1) is 12.3. The van der Waals surface area contributed by atoms with Crippen molar-refractivity contribution in [3.05, 3.63) is 18.2 Å². The van der Waals surface area contributed by atoms with Crippen LogP contribution in [0.15, 0.2) is 12.5 Å². The van der Waals surface area contributed by atoms with E-state index in [0.717, 1.165) is 0 Å². The maximum atomic E-state index is 13.7. The smallest absolute Gasteiger partial charge is 0.381 e. The van der Waals surface area contributed by atoms with E-state index in [1.165, 1.54) is 17.0 Å². The molecule has 1 saturated heterocycles. The van der Waals surface area contributed by atoms with Crippen LogP contribution in [0.1, 0.15) is 32.6 Å². The number of halogens is 1. The van der Waals surface area contributed by atoms with Gasteiger partial charge in [0.1, 0.15) is 25.2 Å². The van der Waals surface area contributed by atoms with Crippen LogP contribution in [0, 0.1) is 0 Å².